The summed E-state index contributed by atoms with van der Waals surface area (Å²) in [5.41, 5.74) is 2.36. The maximum absolute atomic E-state index is 12.1. The molecule has 2 amide bonds. The molecule has 0 bridgehead atoms. The van der Waals surface area contributed by atoms with Gasteiger partial charge in [0.05, 0.1) is 17.8 Å². The Bertz CT molecular complexity index is 672. The van der Waals surface area contributed by atoms with Gasteiger partial charge < -0.3 is 15.5 Å². The molecule has 3 N–H and O–H groups in total. The fourth-order valence-corrected chi connectivity index (χ4v) is 2.46. The number of anilines is 2. The molecule has 0 spiro atoms. The van der Waals surface area contributed by atoms with Crippen LogP contribution in [0.25, 0.3) is 0 Å². The average Bonchev–Trinajstić information content (AvgIpc) is 2.51. The van der Waals surface area contributed by atoms with Crippen LogP contribution in [-0.4, -0.2) is 32.0 Å². The van der Waals surface area contributed by atoms with Crippen LogP contribution < -0.4 is 15.5 Å². The SMILES string of the molecule is Cc1ccccc1NC(=O)C[NH+](C)CC(=O)Nc1ccccc1Cl. The molecule has 0 aliphatic heterocycles. The number of rotatable bonds is 6. The molecule has 0 saturated carbocycles. The zero-order chi connectivity index (χ0) is 17.5. The monoisotopic (exact) mass is 346 g/mol. The van der Waals surface area contributed by atoms with Crippen LogP contribution in [0.1, 0.15) is 5.56 Å². The smallest absolute Gasteiger partial charge is 0.279 e. The Morgan fingerprint density at radius 3 is 2.00 bits per heavy atom. The van der Waals surface area contributed by atoms with Crippen LogP contribution in [-0.2, 0) is 9.59 Å². The predicted molar refractivity (Wildman–Crippen MR) is 96.5 cm³/mol. The van der Waals surface area contributed by atoms with E-state index in [1.54, 1.807) is 31.3 Å². The molecule has 1 unspecified atom stereocenters. The molecule has 0 fully saturated rings. The Hall–Kier alpha value is -2.37. The number of hydrogen-bond donors (Lipinski definition) is 3. The Morgan fingerprint density at radius 1 is 0.917 bits per heavy atom. The largest absolute Gasteiger partial charge is 0.322 e. The van der Waals surface area contributed by atoms with Crippen LogP contribution in [0.2, 0.25) is 5.02 Å². The van der Waals surface area contributed by atoms with E-state index in [0.717, 1.165) is 16.2 Å². The minimum absolute atomic E-state index is 0.132. The van der Waals surface area contributed by atoms with E-state index in [4.69, 9.17) is 11.6 Å². The predicted octanol–water partition coefficient (Wildman–Crippen LogP) is 1.74. The van der Waals surface area contributed by atoms with Crippen LogP contribution in [0.5, 0.6) is 0 Å². The molecule has 6 heteroatoms. The van der Waals surface area contributed by atoms with Crippen LogP contribution in [0.15, 0.2) is 48.5 Å². The number of carbonyl (C=O) groups is 2. The fraction of sp³-hybridized carbons (Fsp3) is 0.222. The topological polar surface area (TPSA) is 62.6 Å². The first kappa shape index (κ1) is 18.0. The number of benzene rings is 2. The Morgan fingerprint density at radius 2 is 1.42 bits per heavy atom. The minimum Gasteiger partial charge on any atom is -0.322 e. The van der Waals surface area contributed by atoms with Crippen LogP contribution in [0.3, 0.4) is 0 Å². The average molecular weight is 347 g/mol. The van der Waals surface area contributed by atoms with Gasteiger partial charge in [0.15, 0.2) is 13.1 Å². The molecule has 1 atom stereocenters. The van der Waals surface area contributed by atoms with Gasteiger partial charge in [-0.15, -0.1) is 0 Å². The van der Waals surface area contributed by atoms with E-state index in [1.165, 1.54) is 0 Å². The molecule has 2 aromatic rings. The molecule has 0 aromatic heterocycles. The van der Waals surface area contributed by atoms with Crippen molar-refractivity contribution in [2.45, 2.75) is 6.92 Å². The standard InChI is InChI=1S/C18H20ClN3O2/c1-13-7-3-5-9-15(13)20-17(23)11-22(2)12-18(24)21-16-10-6-4-8-14(16)19/h3-10H,11-12H2,1-2H3,(H,20,23)(H,21,24)/p+1. The molecule has 0 aliphatic rings. The van der Waals surface area contributed by atoms with Crippen molar-refractivity contribution < 1.29 is 14.5 Å². The van der Waals surface area contributed by atoms with Crippen LogP contribution in [0.4, 0.5) is 11.4 Å². The number of para-hydroxylation sites is 2. The fourth-order valence-electron chi connectivity index (χ4n) is 2.28. The third-order valence-corrected chi connectivity index (χ3v) is 3.82. The molecule has 0 aliphatic carbocycles. The summed E-state index contributed by atoms with van der Waals surface area (Å²) in [6.45, 7) is 2.31. The van der Waals surface area contributed by atoms with Crippen molar-refractivity contribution >= 4 is 34.8 Å². The van der Waals surface area contributed by atoms with Gasteiger partial charge in [-0.1, -0.05) is 41.9 Å². The van der Waals surface area contributed by atoms with E-state index in [9.17, 15) is 9.59 Å². The summed E-state index contributed by atoms with van der Waals surface area (Å²) in [6, 6.07) is 14.6. The van der Waals surface area contributed by atoms with Crippen molar-refractivity contribution in [3.63, 3.8) is 0 Å². The van der Waals surface area contributed by atoms with Crippen LogP contribution >= 0.6 is 11.6 Å². The highest BCUT2D eigenvalue weighted by molar-refractivity contribution is 6.33. The van der Waals surface area contributed by atoms with E-state index in [0.29, 0.717) is 10.7 Å². The molecule has 2 aromatic carbocycles. The molecule has 0 radical (unpaired) electrons. The molecule has 0 heterocycles. The molecular formula is C18H21ClN3O2+. The number of quaternary nitrogens is 1. The zero-order valence-corrected chi connectivity index (χ0v) is 14.5. The van der Waals surface area contributed by atoms with Crippen LogP contribution in [0, 0.1) is 6.92 Å². The lowest BCUT2D eigenvalue weighted by Gasteiger charge is -2.14. The first-order chi connectivity index (χ1) is 11.5. The summed E-state index contributed by atoms with van der Waals surface area (Å²) < 4.78 is 0. The van der Waals surface area contributed by atoms with Gasteiger partial charge in [-0.25, -0.2) is 0 Å². The lowest BCUT2D eigenvalue weighted by molar-refractivity contribution is -0.862. The van der Waals surface area contributed by atoms with Gasteiger partial charge >= 0.3 is 0 Å². The number of amides is 2. The first-order valence-electron chi connectivity index (χ1n) is 7.67. The number of halogens is 1. The maximum Gasteiger partial charge on any atom is 0.279 e. The van der Waals surface area contributed by atoms with Gasteiger partial charge in [0.1, 0.15) is 0 Å². The molecule has 126 valence electrons. The van der Waals surface area contributed by atoms with E-state index in [1.807, 2.05) is 31.2 Å². The zero-order valence-electron chi connectivity index (χ0n) is 13.7. The Kier molecular flexibility index (Phi) is 6.35. The highest BCUT2D eigenvalue weighted by Gasteiger charge is 2.15. The van der Waals surface area contributed by atoms with Crippen molar-refractivity contribution in [1.29, 1.82) is 0 Å². The second-order valence-corrected chi connectivity index (χ2v) is 6.11. The first-order valence-corrected chi connectivity index (χ1v) is 8.04. The summed E-state index contributed by atoms with van der Waals surface area (Å²) in [6.07, 6.45) is 0. The van der Waals surface area contributed by atoms with Gasteiger partial charge in [-0.2, -0.15) is 0 Å². The lowest BCUT2D eigenvalue weighted by Crippen LogP contribution is -3.11. The molecule has 24 heavy (non-hydrogen) atoms. The maximum atomic E-state index is 12.1. The van der Waals surface area contributed by atoms with Gasteiger partial charge in [0.25, 0.3) is 11.8 Å². The molecule has 0 saturated heterocycles. The number of aryl methyl sites for hydroxylation is 1. The summed E-state index contributed by atoms with van der Waals surface area (Å²) in [7, 11) is 1.80. The van der Waals surface area contributed by atoms with Gasteiger partial charge in [0, 0.05) is 5.69 Å². The van der Waals surface area contributed by atoms with E-state index < -0.39 is 0 Å². The quantitative estimate of drug-likeness (QED) is 0.746. The Labute approximate surface area is 146 Å². The number of nitrogens with one attached hydrogen (secondary N) is 3. The van der Waals surface area contributed by atoms with Crippen molar-refractivity contribution in [3.05, 3.63) is 59.1 Å². The molecular weight excluding hydrogens is 326 g/mol. The number of hydrogen-bond acceptors (Lipinski definition) is 2. The van der Waals surface area contributed by atoms with E-state index >= 15 is 0 Å². The third-order valence-electron chi connectivity index (χ3n) is 3.49. The second-order valence-electron chi connectivity index (χ2n) is 5.70. The van der Waals surface area contributed by atoms with Gasteiger partial charge in [-0.05, 0) is 30.7 Å². The van der Waals surface area contributed by atoms with Crippen molar-refractivity contribution in [1.82, 2.24) is 0 Å². The normalized spacial score (nSPS) is 11.6. The van der Waals surface area contributed by atoms with Crippen molar-refractivity contribution in [3.8, 4) is 0 Å². The number of carbonyl (C=O) groups excluding carboxylic acids is 2. The van der Waals surface area contributed by atoms with Gasteiger partial charge in [0.2, 0.25) is 0 Å². The highest BCUT2D eigenvalue weighted by Crippen LogP contribution is 2.19. The molecule has 5 nitrogen and oxygen atoms in total. The second kappa shape index (κ2) is 8.47. The summed E-state index contributed by atoms with van der Waals surface area (Å²) in [4.78, 5) is 24.9. The summed E-state index contributed by atoms with van der Waals surface area (Å²) in [5, 5.41) is 6.10. The van der Waals surface area contributed by atoms with E-state index in [2.05, 4.69) is 10.6 Å². The van der Waals surface area contributed by atoms with Gasteiger partial charge in [-0.3, -0.25) is 9.59 Å². The number of likely N-dealkylation sites (N-methyl/N-ethyl adjacent to an activating group) is 1. The van der Waals surface area contributed by atoms with Crippen molar-refractivity contribution in [2.24, 2.45) is 0 Å². The third kappa shape index (κ3) is 5.37. The van der Waals surface area contributed by atoms with Crippen molar-refractivity contribution in [2.75, 3.05) is 30.8 Å². The highest BCUT2D eigenvalue weighted by atomic mass is 35.5. The summed E-state index contributed by atoms with van der Waals surface area (Å²) in [5.74, 6) is -0.323. The minimum atomic E-state index is -0.190. The molecule has 2 rings (SSSR count). The van der Waals surface area contributed by atoms with E-state index in [-0.39, 0.29) is 24.9 Å². The summed E-state index contributed by atoms with van der Waals surface area (Å²) >= 11 is 6.01. The Balaban J connectivity index is 1.83. The lowest BCUT2D eigenvalue weighted by atomic mass is 10.2.